The van der Waals surface area contributed by atoms with Crippen LogP contribution in [0.1, 0.15) is 171 Å². The summed E-state index contributed by atoms with van der Waals surface area (Å²) in [4.78, 5) is 11.2. The van der Waals surface area contributed by atoms with Gasteiger partial charge in [0.25, 0.3) is 0 Å². The van der Waals surface area contributed by atoms with Gasteiger partial charge < -0.3 is 5.11 Å². The minimum atomic E-state index is -0.645. The summed E-state index contributed by atoms with van der Waals surface area (Å²) in [5.74, 6) is 4.88. The molecule has 2 heteroatoms. The standard InChI is InChI=1S/C35H70O2/c1-10-14-19-34(29(8)12-3)23-22-31(13-4)26-32(16-11-2)20-21-33(24-27(5)6)18-15-17-28(7)25-30(9)35(36)37/h27-34H,10-26H2,1-9H3,(H,36,37). The van der Waals surface area contributed by atoms with Crippen molar-refractivity contribution in [2.45, 2.75) is 171 Å². The Morgan fingerprint density at radius 2 is 1.22 bits per heavy atom. The van der Waals surface area contributed by atoms with E-state index in [-0.39, 0.29) is 5.92 Å². The van der Waals surface area contributed by atoms with Crippen molar-refractivity contribution in [2.24, 2.45) is 47.3 Å². The topological polar surface area (TPSA) is 37.3 Å². The molecule has 0 fully saturated rings. The third kappa shape index (κ3) is 18.4. The van der Waals surface area contributed by atoms with Crippen LogP contribution in [-0.2, 0) is 4.79 Å². The molecule has 37 heavy (non-hydrogen) atoms. The molecular formula is C35H70O2. The van der Waals surface area contributed by atoms with Gasteiger partial charge in [-0.2, -0.15) is 0 Å². The van der Waals surface area contributed by atoms with Crippen LogP contribution in [0.5, 0.6) is 0 Å². The molecule has 0 spiro atoms. The first-order valence-electron chi connectivity index (χ1n) is 16.8. The second-order valence-electron chi connectivity index (χ2n) is 13.6. The van der Waals surface area contributed by atoms with Crippen LogP contribution in [0, 0.1) is 47.3 Å². The van der Waals surface area contributed by atoms with E-state index in [2.05, 4.69) is 55.4 Å². The van der Waals surface area contributed by atoms with Crippen molar-refractivity contribution in [3.63, 3.8) is 0 Å². The van der Waals surface area contributed by atoms with Crippen molar-refractivity contribution in [2.75, 3.05) is 0 Å². The number of carbonyl (C=O) groups is 1. The average Bonchev–Trinajstić information content (AvgIpc) is 2.85. The van der Waals surface area contributed by atoms with Gasteiger partial charge in [0.1, 0.15) is 0 Å². The number of carboxylic acid groups (broad SMARTS) is 1. The monoisotopic (exact) mass is 523 g/mol. The lowest BCUT2D eigenvalue weighted by molar-refractivity contribution is -0.141. The van der Waals surface area contributed by atoms with Gasteiger partial charge in [0, 0.05) is 0 Å². The molecule has 0 amide bonds. The van der Waals surface area contributed by atoms with E-state index in [1.54, 1.807) is 0 Å². The van der Waals surface area contributed by atoms with Gasteiger partial charge in [-0.05, 0) is 67.1 Å². The fourth-order valence-corrected chi connectivity index (χ4v) is 6.81. The van der Waals surface area contributed by atoms with E-state index >= 15 is 0 Å². The lowest BCUT2D eigenvalue weighted by atomic mass is 9.78. The summed E-state index contributed by atoms with van der Waals surface area (Å²) < 4.78 is 0. The Kier molecular flexibility index (Phi) is 22.0. The molecule has 0 radical (unpaired) electrons. The van der Waals surface area contributed by atoms with Crippen LogP contribution in [0.25, 0.3) is 0 Å². The summed E-state index contributed by atoms with van der Waals surface area (Å²) in [6.45, 7) is 20.9. The quantitative estimate of drug-likeness (QED) is 0.129. The van der Waals surface area contributed by atoms with Gasteiger partial charge in [0.05, 0.1) is 5.92 Å². The zero-order chi connectivity index (χ0) is 28.2. The van der Waals surface area contributed by atoms with Crippen LogP contribution < -0.4 is 0 Å². The maximum atomic E-state index is 11.2. The maximum absolute atomic E-state index is 11.2. The van der Waals surface area contributed by atoms with Gasteiger partial charge in [0.15, 0.2) is 0 Å². The molecule has 0 aliphatic heterocycles. The SMILES string of the molecule is CCCCC(CCC(CC)CC(CCC)CCC(CCCC(C)CC(C)C(=O)O)CC(C)C)C(C)CC. The molecule has 7 atom stereocenters. The highest BCUT2D eigenvalue weighted by Crippen LogP contribution is 2.34. The Morgan fingerprint density at radius 1 is 0.595 bits per heavy atom. The molecule has 1 N–H and O–H groups in total. The molecule has 0 aliphatic rings. The van der Waals surface area contributed by atoms with Crippen LogP contribution in [0.3, 0.4) is 0 Å². The molecule has 0 aromatic heterocycles. The van der Waals surface area contributed by atoms with Crippen molar-refractivity contribution >= 4 is 5.97 Å². The molecule has 0 aromatic carbocycles. The molecule has 222 valence electrons. The Labute approximate surface area is 234 Å². The molecule has 0 saturated heterocycles. The number of hydrogen-bond acceptors (Lipinski definition) is 1. The summed E-state index contributed by atoms with van der Waals surface area (Å²) in [5.41, 5.74) is 0. The second-order valence-corrected chi connectivity index (χ2v) is 13.6. The predicted octanol–water partition coefficient (Wildman–Crippen LogP) is 11.8. The first-order chi connectivity index (χ1) is 17.6. The summed E-state index contributed by atoms with van der Waals surface area (Å²) in [5, 5.41) is 9.22. The highest BCUT2D eigenvalue weighted by atomic mass is 16.4. The normalized spacial score (nSPS) is 17.8. The van der Waals surface area contributed by atoms with E-state index in [4.69, 9.17) is 0 Å². The van der Waals surface area contributed by atoms with Crippen molar-refractivity contribution < 1.29 is 9.90 Å². The average molecular weight is 523 g/mol. The first kappa shape index (κ1) is 36.5. The highest BCUT2D eigenvalue weighted by Gasteiger charge is 2.22. The first-order valence-corrected chi connectivity index (χ1v) is 16.8. The van der Waals surface area contributed by atoms with Gasteiger partial charge in [0.2, 0.25) is 0 Å². The number of aliphatic carboxylic acids is 1. The van der Waals surface area contributed by atoms with Crippen LogP contribution >= 0.6 is 0 Å². The second kappa shape index (κ2) is 22.3. The summed E-state index contributed by atoms with van der Waals surface area (Å²) in [6.07, 6.45) is 22.7. The molecule has 0 heterocycles. The van der Waals surface area contributed by atoms with E-state index in [0.717, 1.165) is 41.9 Å². The van der Waals surface area contributed by atoms with Crippen molar-refractivity contribution in [3.8, 4) is 0 Å². The van der Waals surface area contributed by atoms with E-state index in [0.29, 0.717) is 5.92 Å². The van der Waals surface area contributed by atoms with Gasteiger partial charge >= 0.3 is 5.97 Å². The summed E-state index contributed by atoms with van der Waals surface area (Å²) in [7, 11) is 0. The zero-order valence-electron chi connectivity index (χ0n) is 27.0. The Morgan fingerprint density at radius 3 is 1.73 bits per heavy atom. The molecule has 2 nitrogen and oxygen atoms in total. The minimum absolute atomic E-state index is 0.213. The lowest BCUT2D eigenvalue weighted by Gasteiger charge is -2.28. The fraction of sp³-hybridized carbons (Fsp3) is 0.971. The van der Waals surface area contributed by atoms with Crippen molar-refractivity contribution in [1.82, 2.24) is 0 Å². The van der Waals surface area contributed by atoms with Crippen molar-refractivity contribution in [1.29, 1.82) is 0 Å². The van der Waals surface area contributed by atoms with Crippen LogP contribution in [0.2, 0.25) is 0 Å². The Balaban J connectivity index is 4.85. The van der Waals surface area contributed by atoms with E-state index in [9.17, 15) is 9.90 Å². The third-order valence-electron chi connectivity index (χ3n) is 9.54. The molecule has 0 rings (SSSR count). The number of carboxylic acids is 1. The van der Waals surface area contributed by atoms with Crippen LogP contribution in [-0.4, -0.2) is 11.1 Å². The third-order valence-corrected chi connectivity index (χ3v) is 9.54. The molecule has 0 aliphatic carbocycles. The molecule has 7 unspecified atom stereocenters. The van der Waals surface area contributed by atoms with E-state index < -0.39 is 5.97 Å². The van der Waals surface area contributed by atoms with Crippen LogP contribution in [0.4, 0.5) is 0 Å². The Bertz CT molecular complexity index is 527. The molecule has 0 aromatic rings. The zero-order valence-corrected chi connectivity index (χ0v) is 27.0. The molecule has 0 saturated carbocycles. The van der Waals surface area contributed by atoms with E-state index in [1.807, 2.05) is 6.92 Å². The smallest absolute Gasteiger partial charge is 0.306 e. The predicted molar refractivity (Wildman–Crippen MR) is 165 cm³/mol. The number of hydrogen-bond donors (Lipinski definition) is 1. The van der Waals surface area contributed by atoms with Gasteiger partial charge in [-0.3, -0.25) is 4.79 Å². The molecule has 0 bridgehead atoms. The Hall–Kier alpha value is -0.530. The number of rotatable bonds is 25. The summed E-state index contributed by atoms with van der Waals surface area (Å²) >= 11 is 0. The van der Waals surface area contributed by atoms with E-state index in [1.165, 1.54) is 103 Å². The van der Waals surface area contributed by atoms with Gasteiger partial charge in [-0.1, -0.05) is 146 Å². The summed E-state index contributed by atoms with van der Waals surface area (Å²) in [6, 6.07) is 0. The van der Waals surface area contributed by atoms with Crippen LogP contribution in [0.15, 0.2) is 0 Å². The minimum Gasteiger partial charge on any atom is -0.481 e. The number of unbranched alkanes of at least 4 members (excludes halogenated alkanes) is 1. The van der Waals surface area contributed by atoms with Gasteiger partial charge in [-0.25, -0.2) is 0 Å². The van der Waals surface area contributed by atoms with Crippen molar-refractivity contribution in [3.05, 3.63) is 0 Å². The maximum Gasteiger partial charge on any atom is 0.306 e. The molecular weight excluding hydrogens is 452 g/mol. The lowest BCUT2D eigenvalue weighted by Crippen LogP contribution is -2.16. The van der Waals surface area contributed by atoms with Gasteiger partial charge in [-0.15, -0.1) is 0 Å². The largest absolute Gasteiger partial charge is 0.481 e. The fourth-order valence-electron chi connectivity index (χ4n) is 6.81. The highest BCUT2D eigenvalue weighted by molar-refractivity contribution is 5.69.